The fraction of sp³-hybridized carbons (Fsp3) is 0.667. The molecule has 82 valence electrons. The molecule has 0 unspecified atom stereocenters. The Kier molecular flexibility index (Phi) is 3.27. The van der Waals surface area contributed by atoms with Crippen LogP contribution in [0.25, 0.3) is 0 Å². The predicted octanol–water partition coefficient (Wildman–Crippen LogP) is 0.785. The summed E-state index contributed by atoms with van der Waals surface area (Å²) < 4.78 is 3.98. The lowest BCUT2D eigenvalue weighted by Crippen LogP contribution is -2.29. The van der Waals surface area contributed by atoms with Crippen molar-refractivity contribution in [1.29, 1.82) is 0 Å². The smallest absolute Gasteiger partial charge is 0.240 e. The molecule has 1 saturated carbocycles. The van der Waals surface area contributed by atoms with E-state index in [1.807, 2.05) is 0 Å². The standard InChI is InChI=1S/C9H14N4OS/c1-6-11-9(15-13-6)12-8(14)5-10-4-7-2-3-7/h7,10H,2-5H2,1H3,(H,11,12,13,14). The number of nitrogens with one attached hydrogen (secondary N) is 2. The number of carbonyl (C=O) groups excluding carboxylic acids is 1. The van der Waals surface area contributed by atoms with E-state index in [-0.39, 0.29) is 5.91 Å². The van der Waals surface area contributed by atoms with E-state index in [4.69, 9.17) is 0 Å². The molecule has 0 spiro atoms. The molecule has 6 heteroatoms. The van der Waals surface area contributed by atoms with Gasteiger partial charge in [-0.15, -0.1) is 0 Å². The van der Waals surface area contributed by atoms with Gasteiger partial charge in [0.05, 0.1) is 6.54 Å². The number of hydrogen-bond acceptors (Lipinski definition) is 5. The average molecular weight is 226 g/mol. The van der Waals surface area contributed by atoms with Crippen molar-refractivity contribution >= 4 is 22.6 Å². The molecule has 1 heterocycles. The maximum Gasteiger partial charge on any atom is 0.240 e. The van der Waals surface area contributed by atoms with Gasteiger partial charge >= 0.3 is 0 Å². The van der Waals surface area contributed by atoms with Crippen LogP contribution in [-0.2, 0) is 4.79 Å². The van der Waals surface area contributed by atoms with E-state index in [1.54, 1.807) is 6.92 Å². The molecule has 2 N–H and O–H groups in total. The maximum atomic E-state index is 11.4. The Bertz CT molecular complexity index is 348. The second-order valence-electron chi connectivity index (χ2n) is 3.77. The Morgan fingerprint density at radius 2 is 2.40 bits per heavy atom. The van der Waals surface area contributed by atoms with E-state index in [2.05, 4.69) is 20.0 Å². The zero-order valence-corrected chi connectivity index (χ0v) is 9.43. The summed E-state index contributed by atoms with van der Waals surface area (Å²) >= 11 is 1.21. The third-order valence-electron chi connectivity index (χ3n) is 2.19. The normalized spacial score (nSPS) is 15.3. The molecule has 1 aromatic heterocycles. The van der Waals surface area contributed by atoms with Crippen LogP contribution in [0.4, 0.5) is 5.13 Å². The highest BCUT2D eigenvalue weighted by Gasteiger charge is 2.20. The van der Waals surface area contributed by atoms with Gasteiger partial charge in [0.25, 0.3) is 0 Å². The topological polar surface area (TPSA) is 66.9 Å². The van der Waals surface area contributed by atoms with Crippen LogP contribution in [0.2, 0.25) is 0 Å². The zero-order chi connectivity index (χ0) is 10.7. The van der Waals surface area contributed by atoms with E-state index >= 15 is 0 Å². The fourth-order valence-corrected chi connectivity index (χ4v) is 1.81. The first-order valence-electron chi connectivity index (χ1n) is 5.05. The maximum absolute atomic E-state index is 11.4. The van der Waals surface area contributed by atoms with Gasteiger partial charge in [0, 0.05) is 11.5 Å². The first-order valence-corrected chi connectivity index (χ1v) is 5.82. The molecule has 0 aliphatic heterocycles. The van der Waals surface area contributed by atoms with Crippen LogP contribution in [0.3, 0.4) is 0 Å². The Morgan fingerprint density at radius 1 is 1.60 bits per heavy atom. The Hall–Kier alpha value is -1.01. The molecule has 1 aliphatic carbocycles. The highest BCUT2D eigenvalue weighted by Crippen LogP contribution is 2.27. The number of carbonyl (C=O) groups is 1. The third-order valence-corrected chi connectivity index (χ3v) is 2.91. The molecular weight excluding hydrogens is 212 g/mol. The van der Waals surface area contributed by atoms with Crippen LogP contribution in [-0.4, -0.2) is 28.4 Å². The summed E-state index contributed by atoms with van der Waals surface area (Å²) in [5.74, 6) is 1.44. The quantitative estimate of drug-likeness (QED) is 0.778. The summed E-state index contributed by atoms with van der Waals surface area (Å²) in [4.78, 5) is 15.4. The monoisotopic (exact) mass is 226 g/mol. The average Bonchev–Trinajstić information content (AvgIpc) is 2.91. The lowest BCUT2D eigenvalue weighted by atomic mass is 10.4. The van der Waals surface area contributed by atoms with Gasteiger partial charge in [-0.05, 0) is 32.2 Å². The minimum absolute atomic E-state index is 0.0493. The molecule has 0 atom stereocenters. The first-order chi connectivity index (χ1) is 7.24. The van der Waals surface area contributed by atoms with Gasteiger partial charge in [-0.3, -0.25) is 10.1 Å². The lowest BCUT2D eigenvalue weighted by molar-refractivity contribution is -0.115. The Labute approximate surface area is 92.5 Å². The highest BCUT2D eigenvalue weighted by molar-refractivity contribution is 7.09. The Morgan fingerprint density at radius 3 is 3.00 bits per heavy atom. The minimum atomic E-state index is -0.0493. The van der Waals surface area contributed by atoms with Gasteiger partial charge in [0.2, 0.25) is 11.0 Å². The van der Waals surface area contributed by atoms with Crippen molar-refractivity contribution in [1.82, 2.24) is 14.7 Å². The van der Waals surface area contributed by atoms with Crippen molar-refractivity contribution in [2.75, 3.05) is 18.4 Å². The summed E-state index contributed by atoms with van der Waals surface area (Å²) in [7, 11) is 0. The minimum Gasteiger partial charge on any atom is -0.308 e. The van der Waals surface area contributed by atoms with E-state index in [0.717, 1.165) is 12.5 Å². The molecule has 0 bridgehead atoms. The van der Waals surface area contributed by atoms with Crippen molar-refractivity contribution < 1.29 is 4.79 Å². The summed E-state index contributed by atoms with van der Waals surface area (Å²) in [5.41, 5.74) is 0. The summed E-state index contributed by atoms with van der Waals surface area (Å²) in [6.45, 7) is 3.11. The molecule has 0 aromatic carbocycles. The van der Waals surface area contributed by atoms with Crippen LogP contribution in [0.15, 0.2) is 0 Å². The van der Waals surface area contributed by atoms with Gasteiger partial charge in [0.1, 0.15) is 5.82 Å². The Balaban J connectivity index is 1.67. The van der Waals surface area contributed by atoms with Crippen molar-refractivity contribution in [3.05, 3.63) is 5.82 Å². The molecule has 15 heavy (non-hydrogen) atoms. The first kappa shape index (κ1) is 10.5. The molecular formula is C9H14N4OS. The SMILES string of the molecule is Cc1nsc(NC(=O)CNCC2CC2)n1. The number of aryl methyl sites for hydroxylation is 1. The number of aromatic nitrogens is 2. The number of hydrogen-bond donors (Lipinski definition) is 2. The molecule has 1 amide bonds. The highest BCUT2D eigenvalue weighted by atomic mass is 32.1. The van der Waals surface area contributed by atoms with Crippen LogP contribution in [0.1, 0.15) is 18.7 Å². The molecule has 1 aliphatic rings. The largest absolute Gasteiger partial charge is 0.308 e. The van der Waals surface area contributed by atoms with Crippen molar-refractivity contribution in [3.8, 4) is 0 Å². The van der Waals surface area contributed by atoms with Crippen molar-refractivity contribution in [2.24, 2.45) is 5.92 Å². The summed E-state index contributed by atoms with van der Waals surface area (Å²) in [6.07, 6.45) is 2.59. The van der Waals surface area contributed by atoms with Crippen LogP contribution < -0.4 is 10.6 Å². The number of rotatable bonds is 5. The second-order valence-corrected chi connectivity index (χ2v) is 4.52. The second kappa shape index (κ2) is 4.67. The van der Waals surface area contributed by atoms with Crippen LogP contribution in [0, 0.1) is 12.8 Å². The van der Waals surface area contributed by atoms with Gasteiger partial charge in [-0.25, -0.2) is 4.98 Å². The van der Waals surface area contributed by atoms with Gasteiger partial charge in [0.15, 0.2) is 0 Å². The molecule has 1 aromatic rings. The number of anilines is 1. The predicted molar refractivity (Wildman–Crippen MR) is 58.9 cm³/mol. The van der Waals surface area contributed by atoms with Crippen molar-refractivity contribution in [3.63, 3.8) is 0 Å². The molecule has 0 saturated heterocycles. The molecule has 5 nitrogen and oxygen atoms in total. The number of amides is 1. The van der Waals surface area contributed by atoms with Crippen LogP contribution >= 0.6 is 11.5 Å². The van der Waals surface area contributed by atoms with E-state index in [9.17, 15) is 4.79 Å². The van der Waals surface area contributed by atoms with E-state index in [1.165, 1.54) is 24.4 Å². The molecule has 2 rings (SSSR count). The fourth-order valence-electron chi connectivity index (χ4n) is 1.22. The summed E-state index contributed by atoms with van der Waals surface area (Å²) in [6, 6.07) is 0. The van der Waals surface area contributed by atoms with Gasteiger partial charge < -0.3 is 5.32 Å². The summed E-state index contributed by atoms with van der Waals surface area (Å²) in [5, 5.41) is 6.39. The van der Waals surface area contributed by atoms with Crippen LogP contribution in [0.5, 0.6) is 0 Å². The van der Waals surface area contributed by atoms with E-state index in [0.29, 0.717) is 17.5 Å². The van der Waals surface area contributed by atoms with E-state index < -0.39 is 0 Å². The van der Waals surface area contributed by atoms with Gasteiger partial charge in [-0.1, -0.05) is 0 Å². The number of nitrogens with zero attached hydrogens (tertiary/aromatic N) is 2. The zero-order valence-electron chi connectivity index (χ0n) is 8.62. The third kappa shape index (κ3) is 3.56. The van der Waals surface area contributed by atoms with Gasteiger partial charge in [-0.2, -0.15) is 4.37 Å². The van der Waals surface area contributed by atoms with Crippen molar-refractivity contribution in [2.45, 2.75) is 19.8 Å². The lowest BCUT2D eigenvalue weighted by Gasteiger charge is -2.02. The molecule has 1 fully saturated rings. The molecule has 0 radical (unpaired) electrons.